The average molecular weight is 233 g/mol. The van der Waals surface area contributed by atoms with Crippen molar-refractivity contribution in [2.24, 2.45) is 11.8 Å². The Kier molecular flexibility index (Phi) is 3.77. The molecule has 1 aliphatic carbocycles. The van der Waals surface area contributed by atoms with E-state index in [1.165, 1.54) is 7.11 Å². The molecular formula is C14H19NO2. The van der Waals surface area contributed by atoms with E-state index in [1.807, 2.05) is 18.3 Å². The zero-order chi connectivity index (χ0) is 12.3. The summed E-state index contributed by atoms with van der Waals surface area (Å²) in [6.45, 7) is 2.18. The molecule has 3 heteroatoms. The Morgan fingerprint density at radius 3 is 3.00 bits per heavy atom. The second kappa shape index (κ2) is 5.30. The number of aromatic nitrogens is 1. The van der Waals surface area contributed by atoms with E-state index in [0.29, 0.717) is 11.8 Å². The largest absolute Gasteiger partial charge is 0.469 e. The summed E-state index contributed by atoms with van der Waals surface area (Å²) in [4.78, 5) is 15.8. The first-order chi connectivity index (χ1) is 8.26. The first-order valence-corrected chi connectivity index (χ1v) is 6.25. The molecule has 2 rings (SSSR count). The number of hydrogen-bond acceptors (Lipinski definition) is 3. The number of carbonyl (C=O) groups is 1. The summed E-state index contributed by atoms with van der Waals surface area (Å²) >= 11 is 0. The van der Waals surface area contributed by atoms with Crippen molar-refractivity contribution in [2.75, 3.05) is 7.11 Å². The van der Waals surface area contributed by atoms with Crippen molar-refractivity contribution in [3.63, 3.8) is 0 Å². The Hall–Kier alpha value is -1.38. The lowest BCUT2D eigenvalue weighted by molar-refractivity contribution is -0.142. The van der Waals surface area contributed by atoms with Gasteiger partial charge in [0.05, 0.1) is 13.0 Å². The number of carbonyl (C=O) groups excluding carboxylic acids is 1. The maximum Gasteiger partial charge on any atom is 0.308 e. The zero-order valence-electron chi connectivity index (χ0n) is 10.4. The monoisotopic (exact) mass is 233 g/mol. The minimum Gasteiger partial charge on any atom is -0.469 e. The van der Waals surface area contributed by atoms with E-state index in [0.717, 1.165) is 25.0 Å². The Morgan fingerprint density at radius 1 is 1.59 bits per heavy atom. The number of rotatable bonds is 5. The summed E-state index contributed by atoms with van der Waals surface area (Å²) in [7, 11) is 1.47. The molecule has 1 fully saturated rings. The standard InChI is InChI=1S/C14H19NO2/c1-3-10(13-6-4-5-7-15-13)8-11-9-12(11)14(16)17-2/h4-7,10-12H,3,8-9H2,1-2H3. The second-order valence-electron chi connectivity index (χ2n) is 4.72. The normalized spacial score (nSPS) is 24.1. The van der Waals surface area contributed by atoms with Crippen LogP contribution >= 0.6 is 0 Å². The van der Waals surface area contributed by atoms with Crippen LogP contribution in [0.15, 0.2) is 24.4 Å². The predicted octanol–water partition coefficient (Wildman–Crippen LogP) is 2.77. The molecule has 3 unspecified atom stereocenters. The van der Waals surface area contributed by atoms with Gasteiger partial charge in [-0.05, 0) is 37.3 Å². The number of methoxy groups -OCH3 is 1. The third-order valence-corrected chi connectivity index (χ3v) is 3.61. The highest BCUT2D eigenvalue weighted by Gasteiger charge is 2.44. The Morgan fingerprint density at radius 2 is 2.41 bits per heavy atom. The lowest BCUT2D eigenvalue weighted by Gasteiger charge is -2.13. The molecule has 0 saturated heterocycles. The highest BCUT2D eigenvalue weighted by Crippen LogP contribution is 2.46. The first kappa shape index (κ1) is 12.1. The SMILES string of the molecule is CCC(CC1CC1C(=O)OC)c1ccccn1. The number of nitrogens with zero attached hydrogens (tertiary/aromatic N) is 1. The van der Waals surface area contributed by atoms with E-state index in [9.17, 15) is 4.79 Å². The average Bonchev–Trinajstić information content (AvgIpc) is 3.15. The van der Waals surface area contributed by atoms with Crippen molar-refractivity contribution in [1.82, 2.24) is 4.98 Å². The van der Waals surface area contributed by atoms with E-state index in [4.69, 9.17) is 4.74 Å². The fraction of sp³-hybridized carbons (Fsp3) is 0.571. The van der Waals surface area contributed by atoms with Gasteiger partial charge >= 0.3 is 5.97 Å². The maximum atomic E-state index is 11.4. The molecule has 1 saturated carbocycles. The number of ether oxygens (including phenoxy) is 1. The van der Waals surface area contributed by atoms with E-state index in [-0.39, 0.29) is 11.9 Å². The predicted molar refractivity (Wildman–Crippen MR) is 65.5 cm³/mol. The molecule has 1 aromatic rings. The van der Waals surface area contributed by atoms with Gasteiger partial charge < -0.3 is 4.74 Å². The minimum atomic E-state index is -0.0501. The van der Waals surface area contributed by atoms with Gasteiger partial charge in [0.2, 0.25) is 0 Å². The first-order valence-electron chi connectivity index (χ1n) is 6.25. The molecule has 92 valence electrons. The fourth-order valence-electron chi connectivity index (χ4n) is 2.43. The van der Waals surface area contributed by atoms with Crippen LogP contribution in [0.25, 0.3) is 0 Å². The summed E-state index contributed by atoms with van der Waals surface area (Å²) in [5, 5.41) is 0. The Balaban J connectivity index is 1.92. The minimum absolute atomic E-state index is 0.0501. The molecule has 0 aliphatic heterocycles. The van der Waals surface area contributed by atoms with Crippen LogP contribution in [0.4, 0.5) is 0 Å². The van der Waals surface area contributed by atoms with Crippen LogP contribution in [-0.4, -0.2) is 18.1 Å². The fourth-order valence-corrected chi connectivity index (χ4v) is 2.43. The van der Waals surface area contributed by atoms with Crippen molar-refractivity contribution in [3.05, 3.63) is 30.1 Å². The topological polar surface area (TPSA) is 39.2 Å². The van der Waals surface area contributed by atoms with Crippen LogP contribution in [0.3, 0.4) is 0 Å². The molecule has 0 aromatic carbocycles. The van der Waals surface area contributed by atoms with Gasteiger partial charge in [0, 0.05) is 17.8 Å². The van der Waals surface area contributed by atoms with Gasteiger partial charge in [0.15, 0.2) is 0 Å². The van der Waals surface area contributed by atoms with Crippen molar-refractivity contribution in [3.8, 4) is 0 Å². The van der Waals surface area contributed by atoms with Crippen LogP contribution in [0.2, 0.25) is 0 Å². The van der Waals surface area contributed by atoms with E-state index >= 15 is 0 Å². The quantitative estimate of drug-likeness (QED) is 0.734. The lowest BCUT2D eigenvalue weighted by atomic mass is 9.94. The van der Waals surface area contributed by atoms with Crippen LogP contribution in [0.1, 0.15) is 37.8 Å². The van der Waals surface area contributed by atoms with Gasteiger partial charge in [-0.2, -0.15) is 0 Å². The van der Waals surface area contributed by atoms with E-state index in [1.54, 1.807) is 0 Å². The highest BCUT2D eigenvalue weighted by atomic mass is 16.5. The molecule has 1 aromatic heterocycles. The van der Waals surface area contributed by atoms with Gasteiger partial charge in [0.1, 0.15) is 0 Å². The van der Waals surface area contributed by atoms with Crippen LogP contribution < -0.4 is 0 Å². The smallest absolute Gasteiger partial charge is 0.308 e. The van der Waals surface area contributed by atoms with Crippen molar-refractivity contribution in [1.29, 1.82) is 0 Å². The summed E-state index contributed by atoms with van der Waals surface area (Å²) in [6.07, 6.45) is 4.94. The van der Waals surface area contributed by atoms with Crippen LogP contribution in [0.5, 0.6) is 0 Å². The van der Waals surface area contributed by atoms with Gasteiger partial charge in [-0.1, -0.05) is 13.0 Å². The zero-order valence-corrected chi connectivity index (χ0v) is 10.4. The molecule has 1 heterocycles. The van der Waals surface area contributed by atoms with Crippen molar-refractivity contribution < 1.29 is 9.53 Å². The third-order valence-electron chi connectivity index (χ3n) is 3.61. The lowest BCUT2D eigenvalue weighted by Crippen LogP contribution is -2.07. The molecule has 0 amide bonds. The molecule has 0 bridgehead atoms. The van der Waals surface area contributed by atoms with Crippen molar-refractivity contribution >= 4 is 5.97 Å². The van der Waals surface area contributed by atoms with E-state index in [2.05, 4.69) is 18.0 Å². The molecule has 0 N–H and O–H groups in total. The van der Waals surface area contributed by atoms with Crippen LogP contribution in [-0.2, 0) is 9.53 Å². The molecule has 1 aliphatic rings. The second-order valence-corrected chi connectivity index (χ2v) is 4.72. The van der Waals surface area contributed by atoms with Gasteiger partial charge in [-0.25, -0.2) is 0 Å². The summed E-state index contributed by atoms with van der Waals surface area (Å²) < 4.78 is 4.77. The van der Waals surface area contributed by atoms with Gasteiger partial charge in [-0.3, -0.25) is 9.78 Å². The molecule has 3 atom stereocenters. The molecule has 17 heavy (non-hydrogen) atoms. The van der Waals surface area contributed by atoms with Crippen molar-refractivity contribution in [2.45, 2.75) is 32.1 Å². The molecule has 0 radical (unpaired) electrons. The van der Waals surface area contributed by atoms with E-state index < -0.39 is 0 Å². The maximum absolute atomic E-state index is 11.4. The Bertz CT molecular complexity index is 377. The molecule has 3 nitrogen and oxygen atoms in total. The molecule has 0 spiro atoms. The van der Waals surface area contributed by atoms with Gasteiger partial charge in [0.25, 0.3) is 0 Å². The highest BCUT2D eigenvalue weighted by molar-refractivity contribution is 5.75. The number of pyridine rings is 1. The molecular weight excluding hydrogens is 214 g/mol. The summed E-state index contributed by atoms with van der Waals surface area (Å²) in [6, 6.07) is 6.03. The summed E-state index contributed by atoms with van der Waals surface area (Å²) in [5.74, 6) is 1.05. The van der Waals surface area contributed by atoms with Gasteiger partial charge in [-0.15, -0.1) is 0 Å². The number of hydrogen-bond donors (Lipinski definition) is 0. The third kappa shape index (κ3) is 2.84. The summed E-state index contributed by atoms with van der Waals surface area (Å²) in [5.41, 5.74) is 1.14. The van der Waals surface area contributed by atoms with Crippen LogP contribution in [0, 0.1) is 11.8 Å². The Labute approximate surface area is 102 Å². The number of esters is 1.